The predicted octanol–water partition coefficient (Wildman–Crippen LogP) is 3.36. The largest absolute Gasteiger partial charge is 0.449 e. The van der Waals surface area contributed by atoms with Gasteiger partial charge in [-0.3, -0.25) is 0 Å². The maximum atomic E-state index is 9.12. The molecule has 0 aliphatic rings. The molecule has 20 heavy (non-hydrogen) atoms. The van der Waals surface area contributed by atoms with Crippen LogP contribution in [0.25, 0.3) is 11.0 Å². The van der Waals surface area contributed by atoms with Gasteiger partial charge in [0.25, 0.3) is 0 Å². The molecule has 0 bridgehead atoms. The molecule has 5 nitrogen and oxygen atoms in total. The lowest BCUT2D eigenvalue weighted by atomic mass is 10.2. The zero-order valence-corrected chi connectivity index (χ0v) is 10.2. The molecule has 0 saturated heterocycles. The maximum Gasteiger partial charge on any atom is 0.247 e. The molecule has 0 unspecified atom stereocenters. The topological polar surface area (TPSA) is 82.8 Å². The highest BCUT2D eigenvalue weighted by Gasteiger charge is 2.17. The fourth-order valence-electron chi connectivity index (χ4n) is 1.86. The molecule has 94 valence electrons. The fraction of sp³-hybridized carbons (Fsp3) is 0. The van der Waals surface area contributed by atoms with E-state index in [4.69, 9.17) is 19.7 Å². The number of aromatic nitrogens is 1. The molecule has 2 aromatic heterocycles. The number of hydrogen-bond acceptors (Lipinski definition) is 5. The van der Waals surface area contributed by atoms with Crippen molar-refractivity contribution in [3.05, 3.63) is 54.0 Å². The number of furan rings is 1. The van der Waals surface area contributed by atoms with E-state index in [-0.39, 0.29) is 17.2 Å². The molecule has 2 heterocycles. The first-order valence-electron chi connectivity index (χ1n) is 5.78. The summed E-state index contributed by atoms with van der Waals surface area (Å²) in [4.78, 5) is 3.91. The van der Waals surface area contributed by atoms with Crippen molar-refractivity contribution < 1.29 is 9.15 Å². The Bertz CT molecular complexity index is 869. The van der Waals surface area contributed by atoms with Crippen LogP contribution in [0.4, 0.5) is 0 Å². The van der Waals surface area contributed by atoms with E-state index in [2.05, 4.69) is 4.98 Å². The highest BCUT2D eigenvalue weighted by atomic mass is 16.5. The van der Waals surface area contributed by atoms with E-state index in [1.165, 1.54) is 6.20 Å². The Morgan fingerprint density at radius 2 is 1.90 bits per heavy atom. The van der Waals surface area contributed by atoms with Crippen LogP contribution in [0, 0.1) is 22.7 Å². The van der Waals surface area contributed by atoms with Crippen molar-refractivity contribution in [3.8, 4) is 23.6 Å². The Morgan fingerprint density at radius 1 is 1.05 bits per heavy atom. The van der Waals surface area contributed by atoms with E-state index in [9.17, 15) is 0 Å². The normalized spacial score (nSPS) is 9.90. The first-order chi connectivity index (χ1) is 9.83. The number of para-hydroxylation sites is 1. The summed E-state index contributed by atoms with van der Waals surface area (Å²) in [7, 11) is 0. The second-order valence-electron chi connectivity index (χ2n) is 3.93. The van der Waals surface area contributed by atoms with E-state index >= 15 is 0 Å². The van der Waals surface area contributed by atoms with Gasteiger partial charge in [-0.25, -0.2) is 4.98 Å². The van der Waals surface area contributed by atoms with Crippen molar-refractivity contribution in [1.29, 1.82) is 10.5 Å². The third kappa shape index (κ3) is 1.84. The van der Waals surface area contributed by atoms with Gasteiger partial charge in [0.1, 0.15) is 17.7 Å². The van der Waals surface area contributed by atoms with Gasteiger partial charge in [-0.05, 0) is 24.3 Å². The summed E-state index contributed by atoms with van der Waals surface area (Å²) in [6.07, 6.45) is 1.50. The number of nitrogens with zero attached hydrogens (tertiary/aromatic N) is 3. The molecule has 0 atom stereocenters. The molecule has 5 heteroatoms. The quantitative estimate of drug-likeness (QED) is 0.706. The van der Waals surface area contributed by atoms with Crippen LogP contribution in [-0.4, -0.2) is 4.98 Å². The van der Waals surface area contributed by atoms with Crippen LogP contribution in [-0.2, 0) is 0 Å². The van der Waals surface area contributed by atoms with Gasteiger partial charge < -0.3 is 9.15 Å². The smallest absolute Gasteiger partial charge is 0.247 e. The van der Waals surface area contributed by atoms with Gasteiger partial charge in [-0.1, -0.05) is 12.1 Å². The van der Waals surface area contributed by atoms with Crippen LogP contribution in [0.3, 0.4) is 0 Å². The van der Waals surface area contributed by atoms with E-state index in [0.717, 1.165) is 0 Å². The number of rotatable bonds is 2. The Hall–Kier alpha value is -3.31. The average molecular weight is 261 g/mol. The zero-order valence-electron chi connectivity index (χ0n) is 10.2. The summed E-state index contributed by atoms with van der Waals surface area (Å²) in [6.45, 7) is 0. The second kappa shape index (κ2) is 4.75. The molecule has 3 rings (SSSR count). The fourth-order valence-corrected chi connectivity index (χ4v) is 1.86. The molecule has 0 aliphatic carbocycles. The monoisotopic (exact) mass is 261 g/mol. The van der Waals surface area contributed by atoms with E-state index in [1.807, 2.05) is 24.3 Å². The number of hydrogen-bond donors (Lipinski definition) is 0. The third-order valence-electron chi connectivity index (χ3n) is 2.74. The Balaban J connectivity index is 2.16. The predicted molar refractivity (Wildman–Crippen MR) is 70.0 cm³/mol. The van der Waals surface area contributed by atoms with Crippen LogP contribution < -0.4 is 4.74 Å². The van der Waals surface area contributed by atoms with Gasteiger partial charge in [0.15, 0.2) is 17.2 Å². The van der Waals surface area contributed by atoms with Gasteiger partial charge in [-0.15, -0.1) is 0 Å². The SMILES string of the molecule is N#Cc1ncccc1Oc1c(C#N)oc2ccccc12. The maximum absolute atomic E-state index is 9.12. The molecule has 0 amide bonds. The van der Waals surface area contributed by atoms with Crippen molar-refractivity contribution in [3.63, 3.8) is 0 Å². The lowest BCUT2D eigenvalue weighted by molar-refractivity contribution is 0.463. The molecule has 0 radical (unpaired) electrons. The molecular formula is C15H7N3O2. The molecule has 0 saturated carbocycles. The van der Waals surface area contributed by atoms with Crippen molar-refractivity contribution >= 4 is 11.0 Å². The van der Waals surface area contributed by atoms with Crippen LogP contribution >= 0.6 is 0 Å². The minimum atomic E-state index is 0.0685. The van der Waals surface area contributed by atoms with Gasteiger partial charge in [0.2, 0.25) is 5.76 Å². The number of pyridine rings is 1. The van der Waals surface area contributed by atoms with Crippen molar-refractivity contribution in [2.75, 3.05) is 0 Å². The van der Waals surface area contributed by atoms with Crippen LogP contribution in [0.1, 0.15) is 11.5 Å². The number of nitriles is 2. The molecule has 1 aromatic carbocycles. The van der Waals surface area contributed by atoms with E-state index < -0.39 is 0 Å². The lowest BCUT2D eigenvalue weighted by Crippen LogP contribution is -1.91. The van der Waals surface area contributed by atoms with Crippen LogP contribution in [0.15, 0.2) is 47.0 Å². The summed E-state index contributed by atoms with van der Waals surface area (Å²) in [5.41, 5.74) is 0.711. The minimum absolute atomic E-state index is 0.0685. The summed E-state index contributed by atoms with van der Waals surface area (Å²) < 4.78 is 11.1. The zero-order chi connectivity index (χ0) is 13.9. The third-order valence-corrected chi connectivity index (χ3v) is 2.74. The minimum Gasteiger partial charge on any atom is -0.449 e. The van der Waals surface area contributed by atoms with Crippen molar-refractivity contribution in [2.24, 2.45) is 0 Å². The summed E-state index contributed by atoms with van der Waals surface area (Å²) in [5.74, 6) is 0.657. The number of fused-ring (bicyclic) bond motifs is 1. The standard InChI is InChI=1S/C15H7N3O2/c16-8-11-13(6-3-7-18-11)20-15-10-4-1-2-5-12(10)19-14(15)9-17/h1-7H. The highest BCUT2D eigenvalue weighted by molar-refractivity contribution is 5.86. The van der Waals surface area contributed by atoms with Gasteiger partial charge >= 0.3 is 0 Å². The Kier molecular flexibility index (Phi) is 2.80. The van der Waals surface area contributed by atoms with E-state index in [0.29, 0.717) is 16.7 Å². The highest BCUT2D eigenvalue weighted by Crippen LogP contribution is 2.36. The van der Waals surface area contributed by atoms with E-state index in [1.54, 1.807) is 24.3 Å². The van der Waals surface area contributed by atoms with Crippen LogP contribution in [0.5, 0.6) is 11.5 Å². The summed E-state index contributed by atoms with van der Waals surface area (Å²) in [6, 6.07) is 14.3. The van der Waals surface area contributed by atoms with Crippen molar-refractivity contribution in [1.82, 2.24) is 4.98 Å². The lowest BCUT2D eigenvalue weighted by Gasteiger charge is -2.04. The van der Waals surface area contributed by atoms with Gasteiger partial charge in [0.05, 0.1) is 5.39 Å². The molecule has 0 fully saturated rings. The van der Waals surface area contributed by atoms with Crippen LogP contribution in [0.2, 0.25) is 0 Å². The molecular weight excluding hydrogens is 254 g/mol. The van der Waals surface area contributed by atoms with Gasteiger partial charge in [0, 0.05) is 6.20 Å². The van der Waals surface area contributed by atoms with Crippen molar-refractivity contribution in [2.45, 2.75) is 0 Å². The summed E-state index contributed by atoms with van der Waals surface area (Å²) in [5, 5.41) is 18.8. The average Bonchev–Trinajstić information content (AvgIpc) is 2.86. The summed E-state index contributed by atoms with van der Waals surface area (Å²) >= 11 is 0. The second-order valence-corrected chi connectivity index (χ2v) is 3.93. The van der Waals surface area contributed by atoms with Gasteiger partial charge in [-0.2, -0.15) is 10.5 Å². The number of ether oxygens (including phenoxy) is 1. The Labute approximate surface area is 114 Å². The first-order valence-corrected chi connectivity index (χ1v) is 5.78. The Morgan fingerprint density at radius 3 is 2.70 bits per heavy atom. The first kappa shape index (κ1) is 11.8. The molecule has 0 N–H and O–H groups in total. The molecule has 0 spiro atoms. The molecule has 3 aromatic rings. The number of benzene rings is 1. The molecule has 0 aliphatic heterocycles.